The summed E-state index contributed by atoms with van der Waals surface area (Å²) >= 11 is 0. The average Bonchev–Trinajstić information content (AvgIpc) is 2.74. The molecule has 8 heteroatoms. The summed E-state index contributed by atoms with van der Waals surface area (Å²) in [7, 11) is 3.04. The van der Waals surface area contributed by atoms with Crippen LogP contribution in [0.3, 0.4) is 0 Å². The van der Waals surface area contributed by atoms with Crippen molar-refractivity contribution >= 4 is 0 Å². The number of nitrogens with zero attached hydrogens (tertiary/aromatic N) is 3. The minimum atomic E-state index is -0.307. The molecule has 1 aromatic carbocycles. The SMILES string of the molecule is COc1cc(OC)nc(OC(CCCN2CCOCC2)c2ccc(F)cc2)n1. The topological polar surface area (TPSA) is 65.9 Å². The molecule has 2 aromatic rings. The Morgan fingerprint density at radius 3 is 2.32 bits per heavy atom. The first kappa shape index (κ1) is 20.3. The number of hydrogen-bond acceptors (Lipinski definition) is 7. The number of hydrogen-bond donors (Lipinski definition) is 0. The van der Waals surface area contributed by atoms with Gasteiger partial charge < -0.3 is 18.9 Å². The Morgan fingerprint density at radius 1 is 1.07 bits per heavy atom. The maximum Gasteiger partial charge on any atom is 0.323 e. The Labute approximate surface area is 164 Å². The molecule has 0 amide bonds. The molecule has 3 rings (SSSR count). The van der Waals surface area contributed by atoms with Gasteiger partial charge in [-0.2, -0.15) is 9.97 Å². The molecule has 1 saturated heterocycles. The Morgan fingerprint density at radius 2 is 1.71 bits per heavy atom. The predicted octanol–water partition coefficient (Wildman–Crippen LogP) is 2.87. The van der Waals surface area contributed by atoms with Crippen LogP contribution < -0.4 is 14.2 Å². The smallest absolute Gasteiger partial charge is 0.323 e. The Bertz CT molecular complexity index is 716. The fourth-order valence-corrected chi connectivity index (χ4v) is 3.07. The molecule has 0 aliphatic carbocycles. The van der Waals surface area contributed by atoms with E-state index < -0.39 is 0 Å². The van der Waals surface area contributed by atoms with Crippen molar-refractivity contribution in [3.8, 4) is 17.8 Å². The largest absolute Gasteiger partial charge is 0.481 e. The summed E-state index contributed by atoms with van der Waals surface area (Å²) in [5, 5.41) is 0. The quantitative estimate of drug-likeness (QED) is 0.651. The van der Waals surface area contributed by atoms with Crippen molar-refractivity contribution in [2.24, 2.45) is 0 Å². The predicted molar refractivity (Wildman–Crippen MR) is 101 cm³/mol. The molecule has 0 saturated carbocycles. The van der Waals surface area contributed by atoms with Crippen LogP contribution in [0.5, 0.6) is 17.8 Å². The van der Waals surface area contributed by atoms with Gasteiger partial charge in [0, 0.05) is 13.1 Å². The molecule has 152 valence electrons. The molecular formula is C20H26FN3O4. The van der Waals surface area contributed by atoms with E-state index in [9.17, 15) is 4.39 Å². The first-order valence-corrected chi connectivity index (χ1v) is 9.37. The summed E-state index contributed by atoms with van der Waals surface area (Å²) in [4.78, 5) is 10.9. The van der Waals surface area contributed by atoms with Crippen LogP contribution in [0.15, 0.2) is 30.3 Å². The zero-order chi connectivity index (χ0) is 19.8. The van der Waals surface area contributed by atoms with E-state index in [-0.39, 0.29) is 17.9 Å². The second-order valence-electron chi connectivity index (χ2n) is 6.49. The summed E-state index contributed by atoms with van der Waals surface area (Å²) < 4.78 is 35.2. The fourth-order valence-electron chi connectivity index (χ4n) is 3.07. The third-order valence-electron chi connectivity index (χ3n) is 4.61. The van der Waals surface area contributed by atoms with E-state index in [0.717, 1.165) is 51.3 Å². The standard InChI is InChI=1S/C20H26FN3O4/c1-25-18-14-19(26-2)23-20(22-18)28-17(15-5-7-16(21)8-6-15)4-3-9-24-10-12-27-13-11-24/h5-8,14,17H,3-4,9-13H2,1-2H3. The van der Waals surface area contributed by atoms with Crippen molar-refractivity contribution in [3.05, 3.63) is 41.7 Å². The van der Waals surface area contributed by atoms with Crippen LogP contribution in [0.2, 0.25) is 0 Å². The van der Waals surface area contributed by atoms with Crippen molar-refractivity contribution < 1.29 is 23.3 Å². The van der Waals surface area contributed by atoms with Gasteiger partial charge in [-0.05, 0) is 37.1 Å². The highest BCUT2D eigenvalue weighted by molar-refractivity contribution is 5.24. The molecule has 1 aromatic heterocycles. The summed E-state index contributed by atoms with van der Waals surface area (Å²) in [5.41, 5.74) is 0.869. The summed E-state index contributed by atoms with van der Waals surface area (Å²) in [6, 6.07) is 8.06. The highest BCUT2D eigenvalue weighted by atomic mass is 19.1. The molecular weight excluding hydrogens is 365 g/mol. The van der Waals surface area contributed by atoms with Crippen molar-refractivity contribution in [2.75, 3.05) is 47.1 Å². The van der Waals surface area contributed by atoms with Crippen LogP contribution >= 0.6 is 0 Å². The van der Waals surface area contributed by atoms with Crippen molar-refractivity contribution in [1.82, 2.24) is 14.9 Å². The molecule has 28 heavy (non-hydrogen) atoms. The Kier molecular flexibility index (Phi) is 7.39. The maximum atomic E-state index is 13.4. The molecule has 2 heterocycles. The first-order valence-electron chi connectivity index (χ1n) is 9.37. The first-order chi connectivity index (χ1) is 13.7. The van der Waals surface area contributed by atoms with E-state index in [1.807, 2.05) is 0 Å². The lowest BCUT2D eigenvalue weighted by molar-refractivity contribution is 0.0355. The Balaban J connectivity index is 1.71. The summed E-state index contributed by atoms with van der Waals surface area (Å²) in [6.45, 7) is 4.38. The maximum absolute atomic E-state index is 13.4. The number of halogens is 1. The summed E-state index contributed by atoms with van der Waals surface area (Å²) in [6.07, 6.45) is 1.35. The number of ether oxygens (including phenoxy) is 4. The molecule has 7 nitrogen and oxygen atoms in total. The molecule has 1 aliphatic heterocycles. The lowest BCUT2D eigenvalue weighted by Gasteiger charge is -2.27. The third kappa shape index (κ3) is 5.77. The fraction of sp³-hybridized carbons (Fsp3) is 0.500. The van der Waals surface area contributed by atoms with Gasteiger partial charge in [-0.3, -0.25) is 4.90 Å². The van der Waals surface area contributed by atoms with Gasteiger partial charge in [0.1, 0.15) is 11.9 Å². The van der Waals surface area contributed by atoms with Crippen LogP contribution in [0, 0.1) is 5.82 Å². The molecule has 0 bridgehead atoms. The van der Waals surface area contributed by atoms with Crippen LogP contribution in [0.4, 0.5) is 4.39 Å². The Hall–Kier alpha value is -2.45. The number of rotatable bonds is 9. The molecule has 1 unspecified atom stereocenters. The minimum absolute atomic E-state index is 0.164. The van der Waals surface area contributed by atoms with E-state index in [2.05, 4.69) is 14.9 Å². The molecule has 0 spiro atoms. The highest BCUT2D eigenvalue weighted by Crippen LogP contribution is 2.27. The van der Waals surface area contributed by atoms with Gasteiger partial charge in [0.2, 0.25) is 11.8 Å². The van der Waals surface area contributed by atoms with E-state index in [1.165, 1.54) is 26.4 Å². The van der Waals surface area contributed by atoms with Gasteiger partial charge in [-0.1, -0.05) is 12.1 Å². The van der Waals surface area contributed by atoms with Crippen LogP contribution in [-0.4, -0.2) is 61.9 Å². The zero-order valence-corrected chi connectivity index (χ0v) is 16.3. The van der Waals surface area contributed by atoms with Gasteiger partial charge in [0.05, 0.1) is 33.5 Å². The molecule has 1 aliphatic rings. The highest BCUT2D eigenvalue weighted by Gasteiger charge is 2.18. The van der Waals surface area contributed by atoms with Crippen molar-refractivity contribution in [3.63, 3.8) is 0 Å². The van der Waals surface area contributed by atoms with Gasteiger partial charge in [-0.25, -0.2) is 4.39 Å². The number of aromatic nitrogens is 2. The molecule has 1 atom stereocenters. The monoisotopic (exact) mass is 391 g/mol. The second-order valence-corrected chi connectivity index (χ2v) is 6.49. The van der Waals surface area contributed by atoms with E-state index >= 15 is 0 Å². The van der Waals surface area contributed by atoms with E-state index in [4.69, 9.17) is 18.9 Å². The number of methoxy groups -OCH3 is 2. The van der Waals surface area contributed by atoms with Gasteiger partial charge >= 0.3 is 6.01 Å². The van der Waals surface area contributed by atoms with Crippen molar-refractivity contribution in [2.45, 2.75) is 18.9 Å². The van der Waals surface area contributed by atoms with E-state index in [0.29, 0.717) is 11.8 Å². The van der Waals surface area contributed by atoms with Gasteiger partial charge in [0.15, 0.2) is 0 Å². The lowest BCUT2D eigenvalue weighted by Crippen LogP contribution is -2.37. The van der Waals surface area contributed by atoms with Gasteiger partial charge in [-0.15, -0.1) is 0 Å². The summed E-state index contributed by atoms with van der Waals surface area (Å²) in [5.74, 6) is 0.427. The average molecular weight is 391 g/mol. The van der Waals surface area contributed by atoms with Crippen molar-refractivity contribution in [1.29, 1.82) is 0 Å². The minimum Gasteiger partial charge on any atom is -0.481 e. The van der Waals surface area contributed by atoms with Crippen LogP contribution in [-0.2, 0) is 4.74 Å². The molecule has 0 radical (unpaired) electrons. The third-order valence-corrected chi connectivity index (χ3v) is 4.61. The van der Waals surface area contributed by atoms with Crippen LogP contribution in [0.1, 0.15) is 24.5 Å². The van der Waals surface area contributed by atoms with E-state index in [1.54, 1.807) is 18.2 Å². The second kappa shape index (κ2) is 10.2. The number of benzene rings is 1. The molecule has 1 fully saturated rings. The molecule has 0 N–H and O–H groups in total. The zero-order valence-electron chi connectivity index (χ0n) is 16.3. The lowest BCUT2D eigenvalue weighted by atomic mass is 10.0. The normalized spacial score (nSPS) is 15.8. The van der Waals surface area contributed by atoms with Gasteiger partial charge in [0.25, 0.3) is 0 Å². The number of morpholine rings is 1. The van der Waals surface area contributed by atoms with Crippen LogP contribution in [0.25, 0.3) is 0 Å².